The molecule has 1 unspecified atom stereocenters. The molecule has 1 saturated carbocycles. The van der Waals surface area contributed by atoms with Gasteiger partial charge >= 0.3 is 0 Å². The van der Waals surface area contributed by atoms with Gasteiger partial charge in [-0.25, -0.2) is 0 Å². The average Bonchev–Trinajstić information content (AvgIpc) is 3.45. The fraction of sp³-hybridized carbons (Fsp3) is 0.526. The van der Waals surface area contributed by atoms with Crippen molar-refractivity contribution in [2.45, 2.75) is 32.7 Å². The molecule has 148 valence electrons. The maximum atomic E-state index is 12.2. The lowest BCUT2D eigenvalue weighted by Crippen LogP contribution is -3.11. The highest BCUT2D eigenvalue weighted by molar-refractivity contribution is 5.95. The van der Waals surface area contributed by atoms with Crippen molar-refractivity contribution in [3.63, 3.8) is 0 Å². The summed E-state index contributed by atoms with van der Waals surface area (Å²) >= 11 is 0. The summed E-state index contributed by atoms with van der Waals surface area (Å²) in [7, 11) is 1.76. The lowest BCUT2D eigenvalue weighted by Gasteiger charge is -2.21. The number of nitrogens with zero attached hydrogens (tertiary/aromatic N) is 1. The van der Waals surface area contributed by atoms with E-state index in [0.717, 1.165) is 36.5 Å². The largest absolute Gasteiger partial charge is 0.372 e. The molecule has 3 amide bonds. The first kappa shape index (κ1) is 20.7. The molecule has 1 aliphatic rings. The molecular weight excluding hydrogens is 346 g/mol. The van der Waals surface area contributed by atoms with Crippen molar-refractivity contribution in [1.29, 1.82) is 0 Å². The van der Waals surface area contributed by atoms with E-state index in [1.54, 1.807) is 19.2 Å². The van der Waals surface area contributed by atoms with Crippen LogP contribution in [0.15, 0.2) is 24.3 Å². The minimum absolute atomic E-state index is 0.0554. The van der Waals surface area contributed by atoms with Crippen molar-refractivity contribution in [1.82, 2.24) is 16.2 Å². The van der Waals surface area contributed by atoms with Gasteiger partial charge in [-0.2, -0.15) is 0 Å². The number of hydrazine groups is 1. The second-order valence-corrected chi connectivity index (χ2v) is 6.87. The van der Waals surface area contributed by atoms with Crippen LogP contribution >= 0.6 is 0 Å². The summed E-state index contributed by atoms with van der Waals surface area (Å²) < 4.78 is 0. The van der Waals surface area contributed by atoms with E-state index in [9.17, 15) is 14.4 Å². The lowest BCUT2D eigenvalue weighted by atomic mass is 10.2. The van der Waals surface area contributed by atoms with Gasteiger partial charge in [0.05, 0.1) is 7.05 Å². The average molecular weight is 376 g/mol. The number of amides is 3. The molecule has 1 aliphatic carbocycles. The molecule has 1 fully saturated rings. The summed E-state index contributed by atoms with van der Waals surface area (Å²) in [5.74, 6) is -0.779. The van der Waals surface area contributed by atoms with Crippen molar-refractivity contribution in [3.05, 3.63) is 29.8 Å². The molecule has 0 aromatic heterocycles. The van der Waals surface area contributed by atoms with Crippen molar-refractivity contribution >= 4 is 23.4 Å². The van der Waals surface area contributed by atoms with Gasteiger partial charge in [-0.15, -0.1) is 0 Å². The molecule has 0 aliphatic heterocycles. The van der Waals surface area contributed by atoms with Crippen molar-refractivity contribution in [3.8, 4) is 0 Å². The van der Waals surface area contributed by atoms with Gasteiger partial charge < -0.3 is 15.1 Å². The van der Waals surface area contributed by atoms with Crippen LogP contribution in [0.5, 0.6) is 0 Å². The summed E-state index contributed by atoms with van der Waals surface area (Å²) in [6, 6.07) is 7.55. The SMILES string of the molecule is CCN(CC)c1ccc(C(=O)NNC(=O)C[NH+](C)CC(=O)NC2CC2)cc1. The lowest BCUT2D eigenvalue weighted by molar-refractivity contribution is -0.862. The third-order valence-electron chi connectivity index (χ3n) is 4.44. The minimum Gasteiger partial charge on any atom is -0.372 e. The van der Waals surface area contributed by atoms with Crippen molar-refractivity contribution in [2.75, 3.05) is 38.1 Å². The van der Waals surface area contributed by atoms with Crippen LogP contribution in [0.4, 0.5) is 5.69 Å². The number of hydrogen-bond acceptors (Lipinski definition) is 4. The van der Waals surface area contributed by atoms with Crippen LogP contribution in [-0.4, -0.2) is 57.0 Å². The molecule has 8 nitrogen and oxygen atoms in total. The predicted molar refractivity (Wildman–Crippen MR) is 103 cm³/mol. The number of rotatable bonds is 9. The molecule has 1 aromatic rings. The van der Waals surface area contributed by atoms with Gasteiger partial charge in [-0.1, -0.05) is 0 Å². The number of carbonyl (C=O) groups is 3. The summed E-state index contributed by atoms with van der Waals surface area (Å²) in [4.78, 5) is 38.7. The molecule has 0 spiro atoms. The van der Waals surface area contributed by atoms with Crippen LogP contribution in [0.1, 0.15) is 37.0 Å². The monoisotopic (exact) mass is 376 g/mol. The normalized spacial score (nSPS) is 14.2. The van der Waals surface area contributed by atoms with Gasteiger partial charge in [-0.05, 0) is 51.0 Å². The second-order valence-electron chi connectivity index (χ2n) is 6.87. The zero-order valence-electron chi connectivity index (χ0n) is 16.3. The number of carbonyl (C=O) groups excluding carboxylic acids is 3. The Morgan fingerprint density at radius 3 is 2.15 bits per heavy atom. The first-order valence-electron chi connectivity index (χ1n) is 9.47. The molecule has 2 rings (SSSR count). The number of likely N-dealkylation sites (N-methyl/N-ethyl adjacent to an activating group) is 1. The minimum atomic E-state index is -0.376. The highest BCUT2D eigenvalue weighted by Gasteiger charge is 2.25. The molecule has 1 aromatic carbocycles. The summed E-state index contributed by atoms with van der Waals surface area (Å²) in [6.07, 6.45) is 2.07. The van der Waals surface area contributed by atoms with E-state index in [0.29, 0.717) is 11.6 Å². The molecule has 1 atom stereocenters. The molecule has 0 heterocycles. The number of hydrogen-bond donors (Lipinski definition) is 4. The Balaban J connectivity index is 1.73. The number of anilines is 1. The Morgan fingerprint density at radius 1 is 1.00 bits per heavy atom. The topological polar surface area (TPSA) is 95.0 Å². The standard InChI is InChI=1S/C19H29N5O3/c1-4-24(5-2)16-10-6-14(7-11-16)19(27)22-21-18(26)13-23(3)12-17(25)20-15-8-9-15/h6-7,10-11,15H,4-5,8-9,12-13H2,1-3H3,(H,20,25)(H,21,26)(H,22,27)/p+1. The quantitative estimate of drug-likeness (QED) is 0.420. The van der Waals surface area contributed by atoms with Gasteiger partial charge in [0.15, 0.2) is 13.1 Å². The summed E-state index contributed by atoms with van der Waals surface area (Å²) in [5, 5.41) is 2.89. The molecule has 0 saturated heterocycles. The molecule has 4 N–H and O–H groups in total. The van der Waals surface area contributed by atoms with E-state index < -0.39 is 0 Å². The van der Waals surface area contributed by atoms with E-state index in [4.69, 9.17) is 0 Å². The van der Waals surface area contributed by atoms with E-state index >= 15 is 0 Å². The molecule has 0 bridgehead atoms. The van der Waals surface area contributed by atoms with E-state index in [-0.39, 0.29) is 30.8 Å². The van der Waals surface area contributed by atoms with E-state index in [2.05, 4.69) is 34.9 Å². The molecule has 8 heteroatoms. The third kappa shape index (κ3) is 6.90. The van der Waals surface area contributed by atoms with Gasteiger partial charge in [0, 0.05) is 30.4 Å². The summed E-state index contributed by atoms with van der Waals surface area (Å²) in [6.45, 7) is 6.27. The predicted octanol–water partition coefficient (Wildman–Crippen LogP) is -0.913. The molecule has 27 heavy (non-hydrogen) atoms. The van der Waals surface area contributed by atoms with Gasteiger partial charge in [0.25, 0.3) is 17.7 Å². The fourth-order valence-corrected chi connectivity index (χ4v) is 2.77. The van der Waals surface area contributed by atoms with Crippen LogP contribution in [0, 0.1) is 0 Å². The van der Waals surface area contributed by atoms with Gasteiger partial charge in [-0.3, -0.25) is 25.2 Å². The third-order valence-corrected chi connectivity index (χ3v) is 4.44. The Labute approximate surface area is 160 Å². The van der Waals surface area contributed by atoms with Crippen LogP contribution in [0.3, 0.4) is 0 Å². The molecule has 0 radical (unpaired) electrons. The fourth-order valence-electron chi connectivity index (χ4n) is 2.77. The zero-order valence-corrected chi connectivity index (χ0v) is 16.3. The Bertz CT molecular complexity index is 654. The van der Waals surface area contributed by atoms with Crippen LogP contribution in [-0.2, 0) is 9.59 Å². The maximum Gasteiger partial charge on any atom is 0.293 e. The number of benzene rings is 1. The smallest absolute Gasteiger partial charge is 0.293 e. The van der Waals surface area contributed by atoms with Crippen LogP contribution in [0.2, 0.25) is 0 Å². The first-order valence-corrected chi connectivity index (χ1v) is 9.47. The Kier molecular flexibility index (Phi) is 7.60. The summed E-state index contributed by atoms with van der Waals surface area (Å²) in [5.41, 5.74) is 6.33. The highest BCUT2D eigenvalue weighted by atomic mass is 16.2. The van der Waals surface area contributed by atoms with E-state index in [1.165, 1.54) is 0 Å². The number of quaternary nitrogens is 1. The highest BCUT2D eigenvalue weighted by Crippen LogP contribution is 2.18. The second kappa shape index (κ2) is 9.91. The van der Waals surface area contributed by atoms with Gasteiger partial charge in [0.1, 0.15) is 0 Å². The van der Waals surface area contributed by atoms with E-state index in [1.807, 2.05) is 12.1 Å². The van der Waals surface area contributed by atoms with Crippen LogP contribution < -0.4 is 26.0 Å². The first-order chi connectivity index (χ1) is 12.9. The van der Waals surface area contributed by atoms with Crippen LogP contribution in [0.25, 0.3) is 0 Å². The number of nitrogens with one attached hydrogen (secondary N) is 4. The van der Waals surface area contributed by atoms with Gasteiger partial charge in [0.2, 0.25) is 0 Å². The van der Waals surface area contributed by atoms with Crippen molar-refractivity contribution < 1.29 is 19.3 Å². The molecular formula is C19H30N5O3+. The Morgan fingerprint density at radius 2 is 1.59 bits per heavy atom. The zero-order chi connectivity index (χ0) is 19.8. The maximum absolute atomic E-state index is 12.2. The van der Waals surface area contributed by atoms with Crippen molar-refractivity contribution in [2.24, 2.45) is 0 Å². The Hall–Kier alpha value is -2.61.